The molecule has 1 aliphatic carbocycles. The highest BCUT2D eigenvalue weighted by Crippen LogP contribution is 2.44. The molecule has 0 saturated heterocycles. The minimum atomic E-state index is -0.431. The number of carbonyl (C=O) groups excluding carboxylic acids is 2. The number of esters is 1. The smallest absolute Gasteiger partial charge is 0.336 e. The van der Waals surface area contributed by atoms with Crippen molar-refractivity contribution in [3.63, 3.8) is 0 Å². The van der Waals surface area contributed by atoms with Gasteiger partial charge in [0, 0.05) is 23.7 Å². The summed E-state index contributed by atoms with van der Waals surface area (Å²) in [6, 6.07) is 5.58. The molecule has 6 heteroatoms. The first kappa shape index (κ1) is 20.1. The molecule has 0 N–H and O–H groups in total. The van der Waals surface area contributed by atoms with Crippen LogP contribution in [0.25, 0.3) is 0 Å². The molecule has 0 bridgehead atoms. The number of rotatable bonds is 6. The van der Waals surface area contributed by atoms with E-state index in [-0.39, 0.29) is 12.4 Å². The van der Waals surface area contributed by atoms with E-state index in [2.05, 4.69) is 4.99 Å². The van der Waals surface area contributed by atoms with Crippen LogP contribution in [0.4, 0.5) is 0 Å². The quantitative estimate of drug-likeness (QED) is 0.696. The summed E-state index contributed by atoms with van der Waals surface area (Å²) in [5.41, 5.74) is 2.77. The Morgan fingerprint density at radius 3 is 2.61 bits per heavy atom. The molecule has 2 aliphatic rings. The zero-order valence-corrected chi connectivity index (χ0v) is 16.9. The number of Topliss-reactive ketones (excluding diaryl/α,β-unsaturated/α-hetero) is 1. The highest BCUT2D eigenvalue weighted by Gasteiger charge is 2.43. The van der Waals surface area contributed by atoms with Crippen LogP contribution in [0.15, 0.2) is 34.5 Å². The van der Waals surface area contributed by atoms with Crippen LogP contribution in [0.1, 0.15) is 51.5 Å². The van der Waals surface area contributed by atoms with Crippen molar-refractivity contribution in [2.75, 3.05) is 20.3 Å². The van der Waals surface area contributed by atoms with Gasteiger partial charge in [-0.25, -0.2) is 4.79 Å². The number of hydrogen-bond acceptors (Lipinski definition) is 6. The molecule has 1 saturated carbocycles. The maximum atomic E-state index is 12.9. The number of ketones is 1. The van der Waals surface area contributed by atoms with Crippen molar-refractivity contribution in [2.24, 2.45) is 10.9 Å². The standard InChI is InChI=1S/C22H27NO5/c1-5-27-17-11-10-14(12-18(17)26-4)20-19(22(25)28-6-2)13(3)23-15-8-7-9-16(24)21(15)20/h10-12,20-21H,5-9H2,1-4H3/t20-,21?/m1/s1. The van der Waals surface area contributed by atoms with Gasteiger partial charge in [0.1, 0.15) is 5.78 Å². The predicted molar refractivity (Wildman–Crippen MR) is 106 cm³/mol. The fourth-order valence-corrected chi connectivity index (χ4v) is 4.11. The average molecular weight is 385 g/mol. The lowest BCUT2D eigenvalue weighted by atomic mass is 9.69. The molecule has 1 unspecified atom stereocenters. The molecule has 0 spiro atoms. The lowest BCUT2D eigenvalue weighted by Crippen LogP contribution is -2.39. The Labute approximate surface area is 165 Å². The fraction of sp³-hybridized carbons (Fsp3) is 0.500. The highest BCUT2D eigenvalue weighted by molar-refractivity contribution is 6.11. The Morgan fingerprint density at radius 1 is 1.14 bits per heavy atom. The van der Waals surface area contributed by atoms with Crippen molar-refractivity contribution < 1.29 is 23.8 Å². The summed E-state index contributed by atoms with van der Waals surface area (Å²) in [6.07, 6.45) is 2.08. The lowest BCUT2D eigenvalue weighted by Gasteiger charge is -2.35. The number of nitrogens with zero attached hydrogens (tertiary/aromatic N) is 1. The topological polar surface area (TPSA) is 74.2 Å². The van der Waals surface area contributed by atoms with Crippen LogP contribution in [0.3, 0.4) is 0 Å². The Bertz CT molecular complexity index is 839. The van der Waals surface area contributed by atoms with E-state index in [4.69, 9.17) is 14.2 Å². The SMILES string of the molecule is CCOC(=O)C1=C(C)N=C2CCCC(=O)C2[C@@H]1c1ccc(OCC)c(OC)c1. The Hall–Kier alpha value is -2.63. The van der Waals surface area contributed by atoms with E-state index in [1.54, 1.807) is 14.0 Å². The molecule has 0 amide bonds. The molecule has 150 valence electrons. The minimum absolute atomic E-state index is 0.122. The average Bonchev–Trinajstić information content (AvgIpc) is 2.67. The third kappa shape index (κ3) is 3.68. The normalized spacial score (nSPS) is 21.7. The number of methoxy groups -OCH3 is 1. The highest BCUT2D eigenvalue weighted by atomic mass is 16.5. The molecule has 1 aromatic carbocycles. The zero-order chi connectivity index (χ0) is 20.3. The molecule has 0 radical (unpaired) electrons. The number of fused-ring (bicyclic) bond motifs is 1. The maximum absolute atomic E-state index is 12.9. The molecule has 1 fully saturated rings. The second kappa shape index (κ2) is 8.59. The van der Waals surface area contributed by atoms with Crippen LogP contribution in [0.5, 0.6) is 11.5 Å². The van der Waals surface area contributed by atoms with Gasteiger partial charge in [-0.3, -0.25) is 9.79 Å². The first-order chi connectivity index (χ1) is 13.5. The Kier molecular flexibility index (Phi) is 6.17. The number of carbonyl (C=O) groups is 2. The van der Waals surface area contributed by atoms with Gasteiger partial charge in [0.05, 0.1) is 31.8 Å². The molecule has 1 heterocycles. The molecule has 3 rings (SSSR count). The van der Waals surface area contributed by atoms with Crippen molar-refractivity contribution >= 4 is 17.5 Å². The van der Waals surface area contributed by atoms with Gasteiger partial charge in [-0.15, -0.1) is 0 Å². The minimum Gasteiger partial charge on any atom is -0.493 e. The number of allylic oxidation sites excluding steroid dienone is 1. The molecular weight excluding hydrogens is 358 g/mol. The van der Waals surface area contributed by atoms with Gasteiger partial charge in [-0.1, -0.05) is 6.07 Å². The molecule has 28 heavy (non-hydrogen) atoms. The first-order valence-corrected chi connectivity index (χ1v) is 9.80. The monoisotopic (exact) mass is 385 g/mol. The summed E-state index contributed by atoms with van der Waals surface area (Å²) in [5.74, 6) is 0.0546. The summed E-state index contributed by atoms with van der Waals surface area (Å²) < 4.78 is 16.4. The summed E-state index contributed by atoms with van der Waals surface area (Å²) in [6.45, 7) is 6.27. The molecular formula is C22H27NO5. The van der Waals surface area contributed by atoms with E-state index in [9.17, 15) is 9.59 Å². The first-order valence-electron chi connectivity index (χ1n) is 9.80. The van der Waals surface area contributed by atoms with Crippen LogP contribution in [-0.2, 0) is 14.3 Å². The predicted octanol–water partition coefficient (Wildman–Crippen LogP) is 3.84. The third-order valence-electron chi connectivity index (χ3n) is 5.25. The third-order valence-corrected chi connectivity index (χ3v) is 5.25. The van der Waals surface area contributed by atoms with Crippen molar-refractivity contribution in [3.05, 3.63) is 35.0 Å². The Morgan fingerprint density at radius 2 is 1.93 bits per heavy atom. The fourth-order valence-electron chi connectivity index (χ4n) is 4.11. The van der Waals surface area contributed by atoms with Gasteiger partial charge < -0.3 is 14.2 Å². The van der Waals surface area contributed by atoms with E-state index in [1.165, 1.54) is 0 Å². The molecule has 1 aromatic rings. The van der Waals surface area contributed by atoms with E-state index in [0.717, 1.165) is 24.1 Å². The molecule has 1 aliphatic heterocycles. The Balaban J connectivity index is 2.14. The maximum Gasteiger partial charge on any atom is 0.336 e. The van der Waals surface area contributed by atoms with Crippen LogP contribution in [0.2, 0.25) is 0 Å². The van der Waals surface area contributed by atoms with Crippen molar-refractivity contribution in [2.45, 2.75) is 46.0 Å². The van der Waals surface area contributed by atoms with Gasteiger partial charge in [-0.05, 0) is 51.3 Å². The van der Waals surface area contributed by atoms with E-state index < -0.39 is 17.8 Å². The van der Waals surface area contributed by atoms with Gasteiger partial charge in [0.15, 0.2) is 11.5 Å². The molecule has 0 aromatic heterocycles. The van der Waals surface area contributed by atoms with E-state index >= 15 is 0 Å². The number of aliphatic imine (C=N–C) groups is 1. The number of ether oxygens (including phenoxy) is 3. The summed E-state index contributed by atoms with van der Waals surface area (Å²) in [7, 11) is 1.58. The second-order valence-electron chi connectivity index (χ2n) is 6.94. The second-order valence-corrected chi connectivity index (χ2v) is 6.94. The van der Waals surface area contributed by atoms with Crippen molar-refractivity contribution in [3.8, 4) is 11.5 Å². The molecule has 2 atom stereocenters. The van der Waals surface area contributed by atoms with Crippen molar-refractivity contribution in [1.82, 2.24) is 0 Å². The van der Waals surface area contributed by atoms with Gasteiger partial charge in [0.2, 0.25) is 0 Å². The molecule has 6 nitrogen and oxygen atoms in total. The van der Waals surface area contributed by atoms with Crippen molar-refractivity contribution in [1.29, 1.82) is 0 Å². The van der Waals surface area contributed by atoms with E-state index in [1.807, 2.05) is 32.0 Å². The van der Waals surface area contributed by atoms with Gasteiger partial charge in [0.25, 0.3) is 0 Å². The van der Waals surface area contributed by atoms with Crippen LogP contribution in [-0.4, -0.2) is 37.8 Å². The lowest BCUT2D eigenvalue weighted by molar-refractivity contribution is -0.139. The van der Waals surface area contributed by atoms with Crippen LogP contribution in [0, 0.1) is 5.92 Å². The van der Waals surface area contributed by atoms with Gasteiger partial charge >= 0.3 is 5.97 Å². The summed E-state index contributed by atoms with van der Waals surface area (Å²) >= 11 is 0. The van der Waals surface area contributed by atoms with Gasteiger partial charge in [-0.2, -0.15) is 0 Å². The summed E-state index contributed by atoms with van der Waals surface area (Å²) in [4.78, 5) is 30.3. The number of benzene rings is 1. The van der Waals surface area contributed by atoms with Crippen LogP contribution < -0.4 is 9.47 Å². The van der Waals surface area contributed by atoms with E-state index in [0.29, 0.717) is 35.8 Å². The zero-order valence-electron chi connectivity index (χ0n) is 16.9. The number of hydrogen-bond donors (Lipinski definition) is 0. The van der Waals surface area contributed by atoms with Crippen LogP contribution >= 0.6 is 0 Å². The largest absolute Gasteiger partial charge is 0.493 e. The summed E-state index contributed by atoms with van der Waals surface area (Å²) in [5, 5.41) is 0.